The van der Waals surface area contributed by atoms with E-state index in [4.69, 9.17) is 30.4 Å². The van der Waals surface area contributed by atoms with Crippen LogP contribution in [0, 0.1) is 0 Å². The molecule has 1 fully saturated rings. The van der Waals surface area contributed by atoms with Gasteiger partial charge in [-0.2, -0.15) is 0 Å². The van der Waals surface area contributed by atoms with Crippen molar-refractivity contribution in [2.45, 2.75) is 77.3 Å². The van der Waals surface area contributed by atoms with E-state index in [1.807, 2.05) is 90.9 Å². The van der Waals surface area contributed by atoms with Crippen LogP contribution in [0.2, 0.25) is 5.02 Å². The second-order valence-electron chi connectivity index (χ2n) is 11.0. The molecule has 1 saturated heterocycles. The summed E-state index contributed by atoms with van der Waals surface area (Å²) in [6, 6.07) is 13.5. The van der Waals surface area contributed by atoms with Crippen LogP contribution in [-0.2, 0) is 26.1 Å². The van der Waals surface area contributed by atoms with Gasteiger partial charge in [-0.05, 0) is 71.7 Å². The number of hydrogen-bond acceptors (Lipinski definition) is 5. The first-order valence-corrected chi connectivity index (χ1v) is 12.0. The van der Waals surface area contributed by atoms with Crippen molar-refractivity contribution in [1.82, 2.24) is 5.32 Å². The molecule has 0 aliphatic carbocycles. The van der Waals surface area contributed by atoms with Crippen molar-refractivity contribution in [3.8, 4) is 5.75 Å². The smallest absolute Gasteiger partial charge is 0.480 e. The molecular formula is C26H33BClNO5. The lowest BCUT2D eigenvalue weighted by atomic mass is 9.73. The highest BCUT2D eigenvalue weighted by Gasteiger charge is 2.54. The van der Waals surface area contributed by atoms with E-state index < -0.39 is 35.6 Å². The Morgan fingerprint density at radius 3 is 2.26 bits per heavy atom. The summed E-state index contributed by atoms with van der Waals surface area (Å²) in [6.07, 6.45) is -0.00570. The number of carbonyl (C=O) groups is 1. The monoisotopic (exact) mass is 485 g/mol. The number of benzene rings is 2. The van der Waals surface area contributed by atoms with Crippen molar-refractivity contribution in [3.63, 3.8) is 0 Å². The predicted octanol–water partition coefficient (Wildman–Crippen LogP) is 4.99. The molecule has 8 heteroatoms. The first kappa shape index (κ1) is 24.9. The minimum absolute atomic E-state index is 0.223. The average Bonchev–Trinajstić information content (AvgIpc) is 3.20. The van der Waals surface area contributed by atoms with Crippen LogP contribution in [0.15, 0.2) is 42.5 Å². The Labute approximate surface area is 207 Å². The molecule has 1 atom stereocenters. The van der Waals surface area contributed by atoms with Crippen LogP contribution >= 0.6 is 11.6 Å². The van der Waals surface area contributed by atoms with Gasteiger partial charge >= 0.3 is 13.2 Å². The van der Waals surface area contributed by atoms with E-state index in [1.54, 1.807) is 0 Å². The lowest BCUT2D eigenvalue weighted by molar-refractivity contribution is 0.00578. The van der Waals surface area contributed by atoms with Crippen molar-refractivity contribution in [2.24, 2.45) is 0 Å². The summed E-state index contributed by atoms with van der Waals surface area (Å²) in [5, 5.41) is 3.46. The number of hydrogen-bond donors (Lipinski definition) is 1. The van der Waals surface area contributed by atoms with Gasteiger partial charge in [0.05, 0.1) is 17.7 Å². The van der Waals surface area contributed by atoms with E-state index in [2.05, 4.69) is 5.32 Å². The molecule has 4 rings (SSSR count). The van der Waals surface area contributed by atoms with Crippen molar-refractivity contribution in [2.75, 3.05) is 6.54 Å². The van der Waals surface area contributed by atoms with E-state index in [-0.39, 0.29) is 6.54 Å². The van der Waals surface area contributed by atoms with Crippen LogP contribution in [0.4, 0.5) is 4.79 Å². The van der Waals surface area contributed by atoms with Crippen LogP contribution in [-0.4, -0.2) is 36.6 Å². The SMILES string of the molecule is CC(C)(C)OC(=O)NCC1(c2ccccc2)Cc2c(ccc(Cl)c2B2OC(C)(C)C(C)(C)O2)O1. The Bertz CT molecular complexity index is 1070. The second kappa shape index (κ2) is 8.47. The van der Waals surface area contributed by atoms with Crippen LogP contribution in [0.5, 0.6) is 5.75 Å². The maximum atomic E-state index is 12.5. The maximum Gasteiger partial charge on any atom is 0.496 e. The molecule has 1 amide bonds. The zero-order chi connectivity index (χ0) is 24.9. The molecule has 6 nitrogen and oxygen atoms in total. The lowest BCUT2D eigenvalue weighted by Gasteiger charge is -2.32. The Morgan fingerprint density at radius 1 is 1.06 bits per heavy atom. The first-order chi connectivity index (χ1) is 15.7. The molecule has 2 heterocycles. The summed E-state index contributed by atoms with van der Waals surface area (Å²) in [5.41, 5.74) is 0.201. The predicted molar refractivity (Wildman–Crippen MR) is 134 cm³/mol. The van der Waals surface area contributed by atoms with Crippen LogP contribution in [0.1, 0.15) is 59.6 Å². The average molecular weight is 486 g/mol. The quantitative estimate of drug-likeness (QED) is 0.618. The second-order valence-corrected chi connectivity index (χ2v) is 11.4. The molecule has 0 spiro atoms. The summed E-state index contributed by atoms with van der Waals surface area (Å²) >= 11 is 6.71. The Morgan fingerprint density at radius 2 is 1.68 bits per heavy atom. The normalized spacial score (nSPS) is 22.8. The van der Waals surface area contributed by atoms with E-state index in [0.29, 0.717) is 17.2 Å². The van der Waals surface area contributed by atoms with Gasteiger partial charge in [-0.25, -0.2) is 4.79 Å². The van der Waals surface area contributed by atoms with E-state index in [0.717, 1.165) is 16.6 Å². The summed E-state index contributed by atoms with van der Waals surface area (Å²) < 4.78 is 24.7. The van der Waals surface area contributed by atoms with E-state index in [1.165, 1.54) is 0 Å². The minimum Gasteiger partial charge on any atom is -0.480 e. The molecule has 182 valence electrons. The van der Waals surface area contributed by atoms with Crippen molar-refractivity contribution in [1.29, 1.82) is 0 Å². The Balaban J connectivity index is 1.69. The third-order valence-corrected chi connectivity index (χ3v) is 7.06. The zero-order valence-corrected chi connectivity index (χ0v) is 21.7. The van der Waals surface area contributed by atoms with Gasteiger partial charge in [0.1, 0.15) is 11.4 Å². The molecule has 2 aliphatic heterocycles. The van der Waals surface area contributed by atoms with E-state index in [9.17, 15) is 4.79 Å². The van der Waals surface area contributed by atoms with Gasteiger partial charge < -0.3 is 24.1 Å². The number of alkyl carbamates (subject to hydrolysis) is 1. The van der Waals surface area contributed by atoms with Gasteiger partial charge in [-0.1, -0.05) is 41.9 Å². The molecule has 2 aromatic rings. The van der Waals surface area contributed by atoms with Crippen molar-refractivity contribution < 1.29 is 23.6 Å². The van der Waals surface area contributed by atoms with Crippen molar-refractivity contribution >= 4 is 30.3 Å². The van der Waals surface area contributed by atoms with Crippen LogP contribution < -0.4 is 15.5 Å². The molecule has 0 radical (unpaired) electrons. The summed E-state index contributed by atoms with van der Waals surface area (Å²) in [7, 11) is -0.624. The highest BCUT2D eigenvalue weighted by atomic mass is 35.5. The first-order valence-electron chi connectivity index (χ1n) is 11.6. The number of amides is 1. The zero-order valence-electron chi connectivity index (χ0n) is 21.0. The standard InChI is InChI=1S/C26H33BClNO5/c1-23(2,3)32-22(30)29-16-26(17-11-9-8-10-12-17)15-18-20(31-26)14-13-19(28)21(18)27-33-24(4,5)25(6,7)34-27/h8-14H,15-16H2,1-7H3,(H,29,30). The fraction of sp³-hybridized carbons (Fsp3) is 0.500. The largest absolute Gasteiger partial charge is 0.496 e. The van der Waals surface area contributed by atoms with E-state index >= 15 is 0 Å². The summed E-state index contributed by atoms with van der Waals surface area (Å²) in [4.78, 5) is 12.5. The number of fused-ring (bicyclic) bond motifs is 1. The molecule has 2 aliphatic rings. The molecule has 0 saturated carbocycles. The van der Waals surface area contributed by atoms with Gasteiger partial charge in [0.15, 0.2) is 5.60 Å². The number of rotatable bonds is 4. The third-order valence-electron chi connectivity index (χ3n) is 6.73. The summed E-state index contributed by atoms with van der Waals surface area (Å²) in [6.45, 7) is 13.8. The molecule has 34 heavy (non-hydrogen) atoms. The van der Waals surface area contributed by atoms with Crippen molar-refractivity contribution in [3.05, 3.63) is 58.6 Å². The molecule has 0 aromatic heterocycles. The third kappa shape index (κ3) is 4.66. The number of carbonyl (C=O) groups excluding carboxylic acids is 1. The van der Waals surface area contributed by atoms with Gasteiger partial charge in [0, 0.05) is 16.9 Å². The fourth-order valence-electron chi connectivity index (χ4n) is 4.27. The van der Waals surface area contributed by atoms with Crippen LogP contribution in [0.3, 0.4) is 0 Å². The molecule has 2 aromatic carbocycles. The highest BCUT2D eigenvalue weighted by Crippen LogP contribution is 2.44. The maximum absolute atomic E-state index is 12.5. The minimum atomic E-state index is -0.830. The molecule has 1 unspecified atom stereocenters. The molecule has 0 bridgehead atoms. The summed E-state index contributed by atoms with van der Waals surface area (Å²) in [5.74, 6) is 0.698. The number of ether oxygens (including phenoxy) is 2. The lowest BCUT2D eigenvalue weighted by Crippen LogP contribution is -2.46. The fourth-order valence-corrected chi connectivity index (χ4v) is 4.54. The topological polar surface area (TPSA) is 66.0 Å². The molecule has 1 N–H and O–H groups in total. The Kier molecular flexibility index (Phi) is 6.20. The van der Waals surface area contributed by atoms with Crippen LogP contribution in [0.25, 0.3) is 0 Å². The number of nitrogens with one attached hydrogen (secondary N) is 1. The molecular weight excluding hydrogens is 453 g/mol. The van der Waals surface area contributed by atoms with Gasteiger partial charge in [-0.15, -0.1) is 0 Å². The Hall–Kier alpha value is -2.22. The van der Waals surface area contributed by atoms with Gasteiger partial charge in [0.25, 0.3) is 0 Å². The highest BCUT2D eigenvalue weighted by molar-refractivity contribution is 6.66. The number of halogens is 1. The van der Waals surface area contributed by atoms with Gasteiger partial charge in [-0.3, -0.25) is 0 Å². The van der Waals surface area contributed by atoms with Gasteiger partial charge in [0.2, 0.25) is 0 Å².